The van der Waals surface area contributed by atoms with Gasteiger partial charge in [-0.2, -0.15) is 0 Å². The molecule has 1 aromatic rings. The van der Waals surface area contributed by atoms with Gasteiger partial charge in [0.15, 0.2) is 0 Å². The van der Waals surface area contributed by atoms with Gasteiger partial charge in [0.25, 0.3) is 0 Å². The predicted molar refractivity (Wildman–Crippen MR) is 82.5 cm³/mol. The Morgan fingerprint density at radius 1 is 1.12 bits per heavy atom. The minimum absolute atomic E-state index is 0.897. The van der Waals surface area contributed by atoms with Crippen LogP contribution in [0.5, 0.6) is 0 Å². The van der Waals surface area contributed by atoms with E-state index in [1.807, 2.05) is 11.8 Å². The Labute approximate surface area is 111 Å². The van der Waals surface area contributed by atoms with E-state index in [4.69, 9.17) is 0 Å². The molecule has 0 unspecified atom stereocenters. The average Bonchev–Trinajstić information content (AvgIpc) is 2.21. The van der Waals surface area contributed by atoms with Crippen LogP contribution in [-0.4, -0.2) is 14.3 Å². The molecule has 0 saturated carbocycles. The molecule has 0 atom stereocenters. The van der Waals surface area contributed by atoms with Crippen molar-refractivity contribution < 1.29 is 0 Å². The summed E-state index contributed by atoms with van der Waals surface area (Å²) in [6.07, 6.45) is 3.05. The van der Waals surface area contributed by atoms with Crippen molar-refractivity contribution in [2.24, 2.45) is 0 Å². The van der Waals surface area contributed by atoms with Crippen LogP contribution in [0.3, 0.4) is 0 Å². The zero-order valence-electron chi connectivity index (χ0n) is 11.8. The summed E-state index contributed by atoms with van der Waals surface area (Å²) in [6, 6.07) is 4.41. The van der Waals surface area contributed by atoms with Gasteiger partial charge in [-0.1, -0.05) is 31.8 Å². The molecule has 2 heteroatoms. The number of rotatable bonds is 2. The Balaban J connectivity index is 3.05. The van der Waals surface area contributed by atoms with Gasteiger partial charge in [0, 0.05) is 11.3 Å². The molecule has 0 aliphatic rings. The van der Waals surface area contributed by atoms with Crippen molar-refractivity contribution >= 4 is 19.8 Å². The molecule has 1 aromatic carbocycles. The van der Waals surface area contributed by atoms with E-state index in [2.05, 4.69) is 63.3 Å². The van der Waals surface area contributed by atoms with Gasteiger partial charge in [-0.05, 0) is 36.8 Å². The third-order valence-corrected chi connectivity index (χ3v) is 4.53. The summed E-state index contributed by atoms with van der Waals surface area (Å²) in [5, 5.41) is 0. The van der Waals surface area contributed by atoms with E-state index in [1.54, 1.807) is 0 Å². The molecule has 0 spiro atoms. The largest absolute Gasteiger partial charge is 0.132 e. The summed E-state index contributed by atoms with van der Waals surface area (Å²) in [5.74, 6) is 3.38. The summed E-state index contributed by atoms with van der Waals surface area (Å²) in [5.41, 5.74) is 7.60. The van der Waals surface area contributed by atoms with Crippen LogP contribution in [0.15, 0.2) is 17.0 Å². The fraction of sp³-hybridized carbons (Fsp3) is 0.467. The fourth-order valence-electron chi connectivity index (χ4n) is 1.74. The van der Waals surface area contributed by atoms with Crippen molar-refractivity contribution in [2.75, 3.05) is 6.26 Å². The molecule has 0 amide bonds. The van der Waals surface area contributed by atoms with Gasteiger partial charge >= 0.3 is 0 Å². The van der Waals surface area contributed by atoms with E-state index in [0.717, 1.165) is 6.42 Å². The Kier molecular flexibility index (Phi) is 4.91. The van der Waals surface area contributed by atoms with Crippen LogP contribution in [0.25, 0.3) is 0 Å². The lowest BCUT2D eigenvalue weighted by Gasteiger charge is -2.11. The molecular formula is C15H22SSi. The average molecular weight is 262 g/mol. The monoisotopic (exact) mass is 262 g/mol. The quantitative estimate of drug-likeness (QED) is 0.431. The lowest BCUT2D eigenvalue weighted by Crippen LogP contribution is -2.16. The van der Waals surface area contributed by atoms with Gasteiger partial charge < -0.3 is 0 Å². The molecule has 17 heavy (non-hydrogen) atoms. The molecule has 0 nitrogen and oxygen atoms in total. The van der Waals surface area contributed by atoms with E-state index >= 15 is 0 Å². The van der Waals surface area contributed by atoms with E-state index in [-0.39, 0.29) is 0 Å². The van der Waals surface area contributed by atoms with Crippen LogP contribution in [0.1, 0.15) is 16.7 Å². The maximum Gasteiger partial charge on any atom is 0.129 e. The van der Waals surface area contributed by atoms with Crippen LogP contribution in [-0.2, 0) is 6.42 Å². The molecule has 0 radical (unpaired) electrons. The molecule has 0 N–H and O–H groups in total. The second kappa shape index (κ2) is 5.80. The summed E-state index contributed by atoms with van der Waals surface area (Å²) in [7, 11) is -1.24. The molecule has 0 bridgehead atoms. The molecule has 0 heterocycles. The Bertz CT molecular complexity index is 458. The molecule has 1 rings (SSSR count). The van der Waals surface area contributed by atoms with Gasteiger partial charge in [0.05, 0.1) is 0 Å². The Hall–Kier alpha value is -0.653. The lowest BCUT2D eigenvalue weighted by molar-refractivity contribution is 1.12. The molecule has 0 fully saturated rings. The predicted octanol–water partition coefficient (Wildman–Crippen LogP) is 4.45. The Morgan fingerprint density at radius 3 is 2.24 bits per heavy atom. The highest BCUT2D eigenvalue weighted by atomic mass is 32.2. The van der Waals surface area contributed by atoms with Crippen molar-refractivity contribution in [1.29, 1.82) is 0 Å². The SMILES string of the molecule is CSc1c(C)ccc(C)c1CC#C[Si](C)(C)C. The highest BCUT2D eigenvalue weighted by Gasteiger charge is 2.09. The molecule has 0 aliphatic carbocycles. The van der Waals surface area contributed by atoms with Crippen molar-refractivity contribution in [3.8, 4) is 11.5 Å². The second-order valence-electron chi connectivity index (χ2n) is 5.44. The van der Waals surface area contributed by atoms with Gasteiger partial charge in [0.1, 0.15) is 8.07 Å². The fourth-order valence-corrected chi connectivity index (χ4v) is 3.23. The molecule has 0 aromatic heterocycles. The lowest BCUT2D eigenvalue weighted by atomic mass is 10.0. The standard InChI is InChI=1S/C15H22SSi/c1-12-9-10-13(2)15(16-3)14(12)8-7-11-17(4,5)6/h9-10H,8H2,1-6H3. The smallest absolute Gasteiger partial charge is 0.129 e. The number of thioether (sulfide) groups is 1. The van der Waals surface area contributed by atoms with Gasteiger partial charge in [-0.3, -0.25) is 0 Å². The first-order valence-corrected chi connectivity index (χ1v) is 10.7. The normalized spacial score (nSPS) is 10.9. The first-order chi connectivity index (χ1) is 7.85. The number of benzene rings is 1. The van der Waals surface area contributed by atoms with E-state index in [9.17, 15) is 0 Å². The third-order valence-electron chi connectivity index (χ3n) is 2.62. The summed E-state index contributed by atoms with van der Waals surface area (Å²) in [4.78, 5) is 1.41. The van der Waals surface area contributed by atoms with Gasteiger partial charge in [-0.15, -0.1) is 23.2 Å². The first kappa shape index (κ1) is 14.4. The van der Waals surface area contributed by atoms with Crippen molar-refractivity contribution in [3.63, 3.8) is 0 Å². The summed E-state index contributed by atoms with van der Waals surface area (Å²) >= 11 is 1.84. The van der Waals surface area contributed by atoms with Crippen LogP contribution in [0.2, 0.25) is 19.6 Å². The number of hydrogen-bond donors (Lipinski definition) is 0. The van der Waals surface area contributed by atoms with Crippen molar-refractivity contribution in [2.45, 2.75) is 44.8 Å². The number of hydrogen-bond acceptors (Lipinski definition) is 1. The highest BCUT2D eigenvalue weighted by Crippen LogP contribution is 2.27. The maximum absolute atomic E-state index is 3.45. The zero-order chi connectivity index (χ0) is 13.1. The van der Waals surface area contributed by atoms with Crippen LogP contribution >= 0.6 is 11.8 Å². The van der Waals surface area contributed by atoms with Crippen molar-refractivity contribution in [1.82, 2.24) is 0 Å². The van der Waals surface area contributed by atoms with Crippen LogP contribution in [0, 0.1) is 25.3 Å². The zero-order valence-corrected chi connectivity index (χ0v) is 13.6. The van der Waals surface area contributed by atoms with E-state index < -0.39 is 8.07 Å². The summed E-state index contributed by atoms with van der Waals surface area (Å²) in [6.45, 7) is 11.2. The first-order valence-electron chi connectivity index (χ1n) is 5.98. The maximum atomic E-state index is 3.45. The number of aryl methyl sites for hydroxylation is 2. The molecule has 92 valence electrons. The van der Waals surface area contributed by atoms with Crippen LogP contribution < -0.4 is 0 Å². The van der Waals surface area contributed by atoms with Gasteiger partial charge in [-0.25, -0.2) is 0 Å². The van der Waals surface area contributed by atoms with E-state index in [0.29, 0.717) is 0 Å². The Morgan fingerprint density at radius 2 is 1.71 bits per heavy atom. The minimum Gasteiger partial charge on any atom is -0.132 e. The highest BCUT2D eigenvalue weighted by molar-refractivity contribution is 7.98. The third kappa shape index (κ3) is 4.26. The summed E-state index contributed by atoms with van der Waals surface area (Å²) < 4.78 is 0. The van der Waals surface area contributed by atoms with Gasteiger partial charge in [0.2, 0.25) is 0 Å². The topological polar surface area (TPSA) is 0 Å². The van der Waals surface area contributed by atoms with Crippen LogP contribution in [0.4, 0.5) is 0 Å². The molecule has 0 aliphatic heterocycles. The van der Waals surface area contributed by atoms with Crippen molar-refractivity contribution in [3.05, 3.63) is 28.8 Å². The van der Waals surface area contributed by atoms with E-state index in [1.165, 1.54) is 21.6 Å². The molecular weight excluding hydrogens is 240 g/mol. The minimum atomic E-state index is -1.24. The molecule has 0 saturated heterocycles. The second-order valence-corrected chi connectivity index (χ2v) is 11.0.